The summed E-state index contributed by atoms with van der Waals surface area (Å²) in [6.07, 6.45) is 17.4. The van der Waals surface area contributed by atoms with Crippen molar-refractivity contribution in [1.29, 1.82) is 0 Å². The number of hydrogen-bond donors (Lipinski definition) is 0. The Labute approximate surface area is 171 Å². The fourth-order valence-corrected chi connectivity index (χ4v) is 3.85. The van der Waals surface area contributed by atoms with Gasteiger partial charge >= 0.3 is 0 Å². The van der Waals surface area contributed by atoms with Gasteiger partial charge in [-0.25, -0.2) is 8.42 Å². The van der Waals surface area contributed by atoms with E-state index in [9.17, 15) is 13.0 Å². The standard InChI is InChI=1S/C19H42N.C3H8O3S/c1-5-8-11-14-17-20(4,18-15-12-9-6-2)19-16-13-10-7-3;1-2-3-7(4,5)6/h5-19H2,1-4H3;2-3H2,1H3,(H,4,5,6)/q+1;/p-1. The van der Waals surface area contributed by atoms with E-state index in [1.807, 2.05) is 0 Å². The first-order valence-electron chi connectivity index (χ1n) is 11.5. The van der Waals surface area contributed by atoms with Crippen LogP contribution in [0.5, 0.6) is 0 Å². The van der Waals surface area contributed by atoms with E-state index in [1.54, 1.807) is 6.92 Å². The molecule has 166 valence electrons. The first-order chi connectivity index (χ1) is 12.7. The van der Waals surface area contributed by atoms with E-state index in [0.717, 1.165) is 0 Å². The van der Waals surface area contributed by atoms with Crippen molar-refractivity contribution in [2.24, 2.45) is 0 Å². The predicted molar refractivity (Wildman–Crippen MR) is 118 cm³/mol. The van der Waals surface area contributed by atoms with Gasteiger partial charge in [-0.05, 0) is 44.9 Å². The highest BCUT2D eigenvalue weighted by atomic mass is 32.2. The Kier molecular flexibility index (Phi) is 20.7. The number of nitrogens with zero attached hydrogens (tertiary/aromatic N) is 1. The quantitative estimate of drug-likeness (QED) is 0.166. The van der Waals surface area contributed by atoms with Crippen molar-refractivity contribution in [2.45, 2.75) is 111 Å². The summed E-state index contributed by atoms with van der Waals surface area (Å²) in [5, 5.41) is 0. The zero-order valence-corrected chi connectivity index (χ0v) is 19.9. The summed E-state index contributed by atoms with van der Waals surface area (Å²) in [7, 11) is -1.41. The van der Waals surface area contributed by atoms with Gasteiger partial charge < -0.3 is 9.04 Å². The molecule has 0 rings (SSSR count). The lowest BCUT2D eigenvalue weighted by Gasteiger charge is -2.35. The van der Waals surface area contributed by atoms with Crippen LogP contribution in [0.4, 0.5) is 0 Å². The molecule has 0 aliphatic carbocycles. The number of hydrogen-bond acceptors (Lipinski definition) is 3. The molecule has 5 heteroatoms. The molecule has 0 saturated carbocycles. The second-order valence-corrected chi connectivity index (χ2v) is 9.76. The van der Waals surface area contributed by atoms with Crippen molar-refractivity contribution in [3.63, 3.8) is 0 Å². The van der Waals surface area contributed by atoms with Crippen molar-refractivity contribution >= 4 is 10.1 Å². The van der Waals surface area contributed by atoms with Crippen molar-refractivity contribution in [3.05, 3.63) is 0 Å². The smallest absolute Gasteiger partial charge is 0.0945 e. The first-order valence-corrected chi connectivity index (χ1v) is 13.1. The molecule has 0 radical (unpaired) electrons. The molecule has 0 amide bonds. The molecule has 0 aromatic rings. The van der Waals surface area contributed by atoms with Gasteiger partial charge in [0.2, 0.25) is 0 Å². The lowest BCUT2D eigenvalue weighted by molar-refractivity contribution is -0.910. The van der Waals surface area contributed by atoms with Gasteiger partial charge in [-0.2, -0.15) is 0 Å². The van der Waals surface area contributed by atoms with Crippen molar-refractivity contribution in [2.75, 3.05) is 32.4 Å². The Morgan fingerprint density at radius 2 is 0.926 bits per heavy atom. The lowest BCUT2D eigenvalue weighted by Crippen LogP contribution is -2.46. The summed E-state index contributed by atoms with van der Waals surface area (Å²) in [6, 6.07) is 0. The Balaban J connectivity index is 0. The minimum absolute atomic E-state index is 0.243. The monoisotopic (exact) mass is 407 g/mol. The van der Waals surface area contributed by atoms with Crippen LogP contribution in [0.15, 0.2) is 0 Å². The second-order valence-electron chi connectivity index (χ2n) is 8.23. The van der Waals surface area contributed by atoms with Gasteiger partial charge in [0, 0.05) is 5.75 Å². The molecule has 27 heavy (non-hydrogen) atoms. The summed E-state index contributed by atoms with van der Waals surface area (Å²) < 4.78 is 30.4. The molecule has 0 spiro atoms. The molecular formula is C22H49NO3S. The molecule has 0 atom stereocenters. The third-order valence-electron chi connectivity index (χ3n) is 5.11. The molecule has 0 fully saturated rings. The molecule has 4 nitrogen and oxygen atoms in total. The third kappa shape index (κ3) is 23.8. The summed E-state index contributed by atoms with van der Waals surface area (Å²) in [5.74, 6) is -0.243. The molecule has 0 saturated heterocycles. The van der Waals surface area contributed by atoms with Crippen molar-refractivity contribution in [1.82, 2.24) is 0 Å². The topological polar surface area (TPSA) is 57.2 Å². The van der Waals surface area contributed by atoms with E-state index in [1.165, 1.54) is 101 Å². The van der Waals surface area contributed by atoms with Crippen LogP contribution in [-0.4, -0.2) is 49.9 Å². The largest absolute Gasteiger partial charge is 0.748 e. The highest BCUT2D eigenvalue weighted by Crippen LogP contribution is 2.14. The van der Waals surface area contributed by atoms with E-state index < -0.39 is 10.1 Å². The highest BCUT2D eigenvalue weighted by Gasteiger charge is 2.19. The normalized spacial score (nSPS) is 11.9. The zero-order chi connectivity index (χ0) is 21.0. The van der Waals surface area contributed by atoms with Gasteiger partial charge in [0.1, 0.15) is 0 Å². The fourth-order valence-electron chi connectivity index (χ4n) is 3.35. The van der Waals surface area contributed by atoms with Crippen LogP contribution in [0.2, 0.25) is 0 Å². The van der Waals surface area contributed by atoms with Gasteiger partial charge in [0.15, 0.2) is 0 Å². The van der Waals surface area contributed by atoms with Crippen LogP contribution in [0.25, 0.3) is 0 Å². The lowest BCUT2D eigenvalue weighted by atomic mass is 10.1. The zero-order valence-electron chi connectivity index (χ0n) is 19.1. The van der Waals surface area contributed by atoms with Gasteiger partial charge in [-0.3, -0.25) is 0 Å². The van der Waals surface area contributed by atoms with Crippen molar-refractivity contribution in [3.8, 4) is 0 Å². The highest BCUT2D eigenvalue weighted by molar-refractivity contribution is 7.85. The number of quaternary nitrogens is 1. The minimum atomic E-state index is -3.92. The van der Waals surface area contributed by atoms with Crippen molar-refractivity contribution < 1.29 is 17.5 Å². The SMILES string of the molecule is CCCCCC[N+](C)(CCCCCC)CCCCCC.CCCS(=O)(=O)[O-]. The Morgan fingerprint density at radius 1 is 0.593 bits per heavy atom. The molecule has 0 N–H and O–H groups in total. The Morgan fingerprint density at radius 3 is 1.11 bits per heavy atom. The maximum Gasteiger partial charge on any atom is 0.0945 e. The predicted octanol–water partition coefficient (Wildman–Crippen LogP) is 6.12. The number of rotatable bonds is 17. The van der Waals surface area contributed by atoms with Crippen LogP contribution in [0, 0.1) is 0 Å². The molecule has 0 aromatic heterocycles. The van der Waals surface area contributed by atoms with Crippen LogP contribution in [0.1, 0.15) is 111 Å². The Hall–Kier alpha value is -0.130. The maximum atomic E-state index is 9.68. The maximum absolute atomic E-state index is 9.68. The second kappa shape index (κ2) is 19.2. The van der Waals surface area contributed by atoms with Crippen LogP contribution >= 0.6 is 0 Å². The molecular weight excluding hydrogens is 358 g/mol. The van der Waals surface area contributed by atoms with Crippen LogP contribution < -0.4 is 0 Å². The van der Waals surface area contributed by atoms with E-state index in [4.69, 9.17) is 0 Å². The van der Waals surface area contributed by atoms with E-state index in [-0.39, 0.29) is 5.75 Å². The third-order valence-corrected chi connectivity index (χ3v) is 6.02. The van der Waals surface area contributed by atoms with Gasteiger partial charge in [-0.1, -0.05) is 66.2 Å². The number of unbranched alkanes of at least 4 members (excludes halogenated alkanes) is 9. The van der Waals surface area contributed by atoms with E-state index in [2.05, 4.69) is 27.8 Å². The molecule has 0 unspecified atom stereocenters. The van der Waals surface area contributed by atoms with E-state index >= 15 is 0 Å². The van der Waals surface area contributed by atoms with Gasteiger partial charge in [0.05, 0.1) is 36.8 Å². The average molecular weight is 408 g/mol. The molecule has 0 heterocycles. The minimum Gasteiger partial charge on any atom is -0.748 e. The summed E-state index contributed by atoms with van der Waals surface area (Å²) in [4.78, 5) is 0. The first kappa shape index (κ1) is 29.1. The summed E-state index contributed by atoms with van der Waals surface area (Å²) in [5.41, 5.74) is 0. The summed E-state index contributed by atoms with van der Waals surface area (Å²) in [6.45, 7) is 12.8. The molecule has 0 bridgehead atoms. The van der Waals surface area contributed by atoms with Gasteiger partial charge in [-0.15, -0.1) is 0 Å². The fraction of sp³-hybridized carbons (Fsp3) is 1.00. The summed E-state index contributed by atoms with van der Waals surface area (Å²) >= 11 is 0. The molecule has 0 aliphatic rings. The molecule has 0 aliphatic heterocycles. The van der Waals surface area contributed by atoms with Crippen LogP contribution in [-0.2, 0) is 10.1 Å². The van der Waals surface area contributed by atoms with Gasteiger partial charge in [0.25, 0.3) is 0 Å². The average Bonchev–Trinajstić information content (AvgIpc) is 2.59. The van der Waals surface area contributed by atoms with Crippen LogP contribution in [0.3, 0.4) is 0 Å². The molecule has 0 aromatic carbocycles. The van der Waals surface area contributed by atoms with E-state index in [0.29, 0.717) is 6.42 Å². The Bertz CT molecular complexity index is 365.